The zero-order valence-corrected chi connectivity index (χ0v) is 7.77. The molecule has 4 heteroatoms. The fourth-order valence-electron chi connectivity index (χ4n) is 0.260. The highest BCUT2D eigenvalue weighted by molar-refractivity contribution is 5.86. The van der Waals surface area contributed by atoms with E-state index in [0.29, 0.717) is 5.57 Å². The van der Waals surface area contributed by atoms with Gasteiger partial charge in [-0.2, -0.15) is 5.48 Å². The van der Waals surface area contributed by atoms with Crippen molar-refractivity contribution in [1.29, 1.82) is 0 Å². The molecule has 0 aromatic carbocycles. The number of halogens is 1. The number of carbonyl (C=O) groups excluding carboxylic acids is 1. The molecule has 2 N–H and O–H groups in total. The van der Waals surface area contributed by atoms with Crippen molar-refractivity contribution >= 4 is 5.97 Å². The van der Waals surface area contributed by atoms with Crippen LogP contribution in [0.25, 0.3) is 0 Å². The number of rotatable bonds is 3. The lowest BCUT2D eigenvalue weighted by Crippen LogP contribution is -3.00. The summed E-state index contributed by atoms with van der Waals surface area (Å²) in [7, 11) is 0. The van der Waals surface area contributed by atoms with Crippen molar-refractivity contribution in [1.82, 2.24) is 0 Å². The molecule has 0 rings (SSSR count). The van der Waals surface area contributed by atoms with Crippen molar-refractivity contribution in [2.75, 3.05) is 6.54 Å². The van der Waals surface area contributed by atoms with Gasteiger partial charge in [0.2, 0.25) is 0 Å². The van der Waals surface area contributed by atoms with Crippen LogP contribution in [0.4, 0.5) is 0 Å². The van der Waals surface area contributed by atoms with E-state index >= 15 is 0 Å². The molecular formula is C6H12BrNO2. The molecule has 0 amide bonds. The van der Waals surface area contributed by atoms with Gasteiger partial charge in [0.25, 0.3) is 0 Å². The molecule has 0 aromatic rings. The predicted octanol–water partition coefficient (Wildman–Crippen LogP) is -3.39. The Labute approximate surface area is 71.2 Å². The minimum atomic E-state index is -0.350. The molecule has 0 bridgehead atoms. The van der Waals surface area contributed by atoms with Crippen LogP contribution in [0.5, 0.6) is 0 Å². The van der Waals surface area contributed by atoms with Crippen LogP contribution in [0.1, 0.15) is 13.8 Å². The van der Waals surface area contributed by atoms with Crippen LogP contribution in [-0.2, 0) is 9.63 Å². The molecule has 0 spiro atoms. The average molecular weight is 210 g/mol. The van der Waals surface area contributed by atoms with Gasteiger partial charge >= 0.3 is 5.97 Å². The quantitative estimate of drug-likeness (QED) is 0.390. The maximum atomic E-state index is 10.5. The molecule has 60 valence electrons. The van der Waals surface area contributed by atoms with E-state index in [1.54, 1.807) is 6.92 Å². The van der Waals surface area contributed by atoms with E-state index in [1.807, 2.05) is 6.92 Å². The van der Waals surface area contributed by atoms with E-state index in [1.165, 1.54) is 5.48 Å². The van der Waals surface area contributed by atoms with E-state index in [4.69, 9.17) is 0 Å². The van der Waals surface area contributed by atoms with Gasteiger partial charge in [-0.05, 0) is 13.8 Å². The summed E-state index contributed by atoms with van der Waals surface area (Å²) in [4.78, 5) is 15.1. The molecule has 0 aliphatic heterocycles. The van der Waals surface area contributed by atoms with Gasteiger partial charge in [-0.15, -0.1) is 0 Å². The lowest BCUT2D eigenvalue weighted by molar-refractivity contribution is -0.869. The zero-order valence-electron chi connectivity index (χ0n) is 6.19. The van der Waals surface area contributed by atoms with E-state index in [-0.39, 0.29) is 23.0 Å². The molecule has 3 nitrogen and oxygen atoms in total. The van der Waals surface area contributed by atoms with E-state index in [0.717, 1.165) is 6.54 Å². The van der Waals surface area contributed by atoms with Crippen molar-refractivity contribution < 1.29 is 32.1 Å². The smallest absolute Gasteiger partial charge is 0.392 e. The summed E-state index contributed by atoms with van der Waals surface area (Å²) in [5.41, 5.74) is 1.89. The van der Waals surface area contributed by atoms with Gasteiger partial charge in [-0.25, -0.2) is 4.79 Å². The highest BCUT2D eigenvalue weighted by Gasteiger charge is 2.03. The first-order valence-electron chi connectivity index (χ1n) is 2.86. The summed E-state index contributed by atoms with van der Waals surface area (Å²) in [6.07, 6.45) is 0. The molecule has 0 fully saturated rings. The van der Waals surface area contributed by atoms with Crippen LogP contribution in [0, 0.1) is 0 Å². The number of hydroxylamine groups is 1. The largest absolute Gasteiger partial charge is 1.00 e. The number of quaternary nitrogens is 1. The van der Waals surface area contributed by atoms with Crippen molar-refractivity contribution in [2.24, 2.45) is 0 Å². The SMILES string of the molecule is C=C(C)C(=O)O[NH2+]CC.[Br-]. The third-order valence-corrected chi connectivity index (χ3v) is 0.705. The molecule has 0 unspecified atom stereocenters. The van der Waals surface area contributed by atoms with Crippen LogP contribution in [0.15, 0.2) is 12.2 Å². The fraction of sp³-hybridized carbons (Fsp3) is 0.500. The molecule has 10 heavy (non-hydrogen) atoms. The van der Waals surface area contributed by atoms with Gasteiger partial charge in [0, 0.05) is 5.57 Å². The predicted molar refractivity (Wildman–Crippen MR) is 33.4 cm³/mol. The standard InChI is InChI=1S/C6H11NO2.BrH/c1-4-7-9-6(8)5(2)3;/h7H,2,4H2,1,3H3;1H. The van der Waals surface area contributed by atoms with Gasteiger partial charge in [0.1, 0.15) is 6.54 Å². The summed E-state index contributed by atoms with van der Waals surface area (Å²) in [5.74, 6) is -0.350. The van der Waals surface area contributed by atoms with Gasteiger partial charge in [0.05, 0.1) is 0 Å². The van der Waals surface area contributed by atoms with Crippen LogP contribution < -0.4 is 22.5 Å². The van der Waals surface area contributed by atoms with Gasteiger partial charge in [0.15, 0.2) is 0 Å². The van der Waals surface area contributed by atoms with Crippen molar-refractivity contribution in [2.45, 2.75) is 13.8 Å². The molecule has 0 aliphatic carbocycles. The maximum Gasteiger partial charge on any atom is 0.392 e. The Bertz CT molecular complexity index is 125. The van der Waals surface area contributed by atoms with Crippen LogP contribution in [0.3, 0.4) is 0 Å². The molecule has 0 aliphatic rings. The van der Waals surface area contributed by atoms with Crippen LogP contribution in [0.2, 0.25) is 0 Å². The number of carbonyl (C=O) groups is 1. The summed E-state index contributed by atoms with van der Waals surface area (Å²) < 4.78 is 0. The van der Waals surface area contributed by atoms with Gasteiger partial charge in [-0.3, -0.25) is 4.84 Å². The first kappa shape index (κ1) is 12.3. The van der Waals surface area contributed by atoms with Gasteiger partial charge in [-0.1, -0.05) is 6.58 Å². The third-order valence-electron chi connectivity index (χ3n) is 0.705. The Morgan fingerprint density at radius 3 is 2.50 bits per heavy atom. The molecule has 0 saturated carbocycles. The lowest BCUT2D eigenvalue weighted by Gasteiger charge is -1.95. The highest BCUT2D eigenvalue weighted by atomic mass is 79.9. The molecule has 0 aromatic heterocycles. The first-order chi connectivity index (χ1) is 4.18. The Morgan fingerprint density at radius 2 is 2.20 bits per heavy atom. The van der Waals surface area contributed by atoms with E-state index < -0.39 is 0 Å². The summed E-state index contributed by atoms with van der Waals surface area (Å²) in [6, 6.07) is 0. The van der Waals surface area contributed by atoms with Crippen molar-refractivity contribution in [3.8, 4) is 0 Å². The molecule has 0 atom stereocenters. The Balaban J connectivity index is 0. The highest BCUT2D eigenvalue weighted by Crippen LogP contribution is 1.85. The lowest BCUT2D eigenvalue weighted by atomic mass is 10.4. The van der Waals surface area contributed by atoms with Crippen molar-refractivity contribution in [3.63, 3.8) is 0 Å². The maximum absolute atomic E-state index is 10.5. The fourth-order valence-corrected chi connectivity index (χ4v) is 0.260. The average Bonchev–Trinajstić information content (AvgIpc) is 1.82. The van der Waals surface area contributed by atoms with Crippen molar-refractivity contribution in [3.05, 3.63) is 12.2 Å². The Hall–Kier alpha value is -0.350. The van der Waals surface area contributed by atoms with E-state index in [9.17, 15) is 4.79 Å². The van der Waals surface area contributed by atoms with Gasteiger partial charge < -0.3 is 17.0 Å². The Morgan fingerprint density at radius 1 is 1.70 bits per heavy atom. The Kier molecular flexibility index (Phi) is 8.35. The second kappa shape index (κ2) is 6.77. The summed E-state index contributed by atoms with van der Waals surface area (Å²) >= 11 is 0. The number of hydrogen-bond acceptors (Lipinski definition) is 2. The topological polar surface area (TPSA) is 42.9 Å². The molecular weight excluding hydrogens is 198 g/mol. The number of nitrogens with two attached hydrogens (primary N) is 1. The molecule has 0 heterocycles. The minimum absolute atomic E-state index is 0. The minimum Gasteiger partial charge on any atom is -1.00 e. The summed E-state index contributed by atoms with van der Waals surface area (Å²) in [5, 5.41) is 0. The second-order valence-corrected chi connectivity index (χ2v) is 1.76. The van der Waals surface area contributed by atoms with E-state index in [2.05, 4.69) is 11.4 Å². The molecule has 0 radical (unpaired) electrons. The second-order valence-electron chi connectivity index (χ2n) is 1.76. The zero-order chi connectivity index (χ0) is 7.28. The third kappa shape index (κ3) is 5.78. The van der Waals surface area contributed by atoms with Crippen LogP contribution >= 0.6 is 0 Å². The van der Waals surface area contributed by atoms with Crippen LogP contribution in [-0.4, -0.2) is 12.5 Å². The summed E-state index contributed by atoms with van der Waals surface area (Å²) in [6.45, 7) is 7.66. The number of hydrogen-bond donors (Lipinski definition) is 1. The first-order valence-corrected chi connectivity index (χ1v) is 2.86. The normalized spacial score (nSPS) is 7.80. The monoisotopic (exact) mass is 209 g/mol. The molecule has 0 saturated heterocycles.